The van der Waals surface area contributed by atoms with E-state index in [0.29, 0.717) is 6.04 Å². The maximum Gasteiger partial charge on any atom is 0.264 e. The lowest BCUT2D eigenvalue weighted by molar-refractivity contribution is 0.0742. The van der Waals surface area contributed by atoms with Gasteiger partial charge in [0.15, 0.2) is 0 Å². The van der Waals surface area contributed by atoms with Crippen LogP contribution in [0.1, 0.15) is 33.0 Å². The van der Waals surface area contributed by atoms with Crippen molar-refractivity contribution in [3.8, 4) is 0 Å². The second-order valence-corrected chi connectivity index (χ2v) is 5.96. The van der Waals surface area contributed by atoms with Gasteiger partial charge in [0.25, 0.3) is 5.91 Å². The zero-order valence-corrected chi connectivity index (χ0v) is 11.6. The van der Waals surface area contributed by atoms with Gasteiger partial charge < -0.3 is 10.2 Å². The van der Waals surface area contributed by atoms with Crippen LogP contribution >= 0.6 is 11.3 Å². The quantitative estimate of drug-likeness (QED) is 0.894. The highest BCUT2D eigenvalue weighted by Crippen LogP contribution is 2.25. The Bertz CT molecular complexity index is 394. The molecule has 4 heteroatoms. The Hall–Kier alpha value is -0.870. The van der Waals surface area contributed by atoms with E-state index < -0.39 is 0 Å². The molecule has 2 heterocycles. The van der Waals surface area contributed by atoms with Crippen LogP contribution in [0.5, 0.6) is 0 Å². The second kappa shape index (κ2) is 5.19. The molecule has 0 bridgehead atoms. The van der Waals surface area contributed by atoms with Crippen LogP contribution in [0.25, 0.3) is 0 Å². The fraction of sp³-hybridized carbons (Fsp3) is 0.615. The molecule has 0 radical (unpaired) electrons. The maximum absolute atomic E-state index is 12.4. The van der Waals surface area contributed by atoms with Crippen molar-refractivity contribution in [2.24, 2.45) is 0 Å². The minimum absolute atomic E-state index is 0.212. The SMILES string of the molecule is CNCC1CCCN1C(=O)c1cc(C)c(C)s1. The van der Waals surface area contributed by atoms with Crippen molar-refractivity contribution in [1.82, 2.24) is 10.2 Å². The maximum atomic E-state index is 12.4. The first kappa shape index (κ1) is 12.6. The van der Waals surface area contributed by atoms with Gasteiger partial charge in [-0.1, -0.05) is 0 Å². The molecule has 1 atom stereocenters. The number of carbonyl (C=O) groups excluding carboxylic acids is 1. The Morgan fingerprint density at radius 2 is 2.35 bits per heavy atom. The number of amides is 1. The molecular formula is C13H20N2OS. The third-order valence-electron chi connectivity index (χ3n) is 3.45. The predicted molar refractivity (Wildman–Crippen MR) is 71.8 cm³/mol. The summed E-state index contributed by atoms with van der Waals surface area (Å²) in [7, 11) is 1.94. The van der Waals surface area contributed by atoms with E-state index in [-0.39, 0.29) is 5.91 Å². The summed E-state index contributed by atoms with van der Waals surface area (Å²) in [6, 6.07) is 2.40. The van der Waals surface area contributed by atoms with Crippen molar-refractivity contribution in [3.05, 3.63) is 21.4 Å². The summed E-state index contributed by atoms with van der Waals surface area (Å²) < 4.78 is 0. The highest BCUT2D eigenvalue weighted by Gasteiger charge is 2.29. The van der Waals surface area contributed by atoms with Crippen molar-refractivity contribution in [1.29, 1.82) is 0 Å². The molecule has 1 saturated heterocycles. The topological polar surface area (TPSA) is 32.3 Å². The molecule has 3 nitrogen and oxygen atoms in total. The standard InChI is InChI=1S/C13H20N2OS/c1-9-7-12(17-10(9)2)13(16)15-6-4-5-11(15)8-14-3/h7,11,14H,4-6,8H2,1-3H3. The molecule has 1 aromatic heterocycles. The molecule has 1 amide bonds. The number of nitrogens with zero attached hydrogens (tertiary/aromatic N) is 1. The molecule has 1 N–H and O–H groups in total. The number of nitrogens with one attached hydrogen (secondary N) is 1. The van der Waals surface area contributed by atoms with E-state index >= 15 is 0 Å². The normalized spacial score (nSPS) is 19.9. The van der Waals surface area contributed by atoms with Gasteiger partial charge in [-0.15, -0.1) is 11.3 Å². The second-order valence-electron chi connectivity index (χ2n) is 4.70. The predicted octanol–water partition coefficient (Wildman–Crippen LogP) is 2.19. The number of likely N-dealkylation sites (N-methyl/N-ethyl adjacent to an activating group) is 1. The molecule has 2 rings (SSSR count). The Balaban J connectivity index is 2.13. The largest absolute Gasteiger partial charge is 0.334 e. The average molecular weight is 252 g/mol. The summed E-state index contributed by atoms with van der Waals surface area (Å²) in [4.78, 5) is 16.6. The fourth-order valence-corrected chi connectivity index (χ4v) is 3.36. The lowest BCUT2D eigenvalue weighted by Gasteiger charge is -2.23. The molecule has 1 aliphatic heterocycles. The molecule has 17 heavy (non-hydrogen) atoms. The van der Waals surface area contributed by atoms with Crippen LogP contribution in [0.3, 0.4) is 0 Å². The monoisotopic (exact) mass is 252 g/mol. The molecule has 94 valence electrons. The molecule has 0 aromatic carbocycles. The Kier molecular flexibility index (Phi) is 3.84. The Morgan fingerprint density at radius 1 is 1.59 bits per heavy atom. The fourth-order valence-electron chi connectivity index (χ4n) is 2.37. The van der Waals surface area contributed by atoms with Crippen molar-refractivity contribution >= 4 is 17.2 Å². The van der Waals surface area contributed by atoms with Crippen LogP contribution in [0, 0.1) is 13.8 Å². The summed E-state index contributed by atoms with van der Waals surface area (Å²) in [5.41, 5.74) is 1.22. The molecule has 0 aliphatic carbocycles. The van der Waals surface area contributed by atoms with Gasteiger partial charge in [-0.2, -0.15) is 0 Å². The molecule has 1 unspecified atom stereocenters. The summed E-state index contributed by atoms with van der Waals surface area (Å²) in [6.45, 7) is 5.94. The summed E-state index contributed by atoms with van der Waals surface area (Å²) >= 11 is 1.62. The van der Waals surface area contributed by atoms with E-state index in [4.69, 9.17) is 0 Å². The Morgan fingerprint density at radius 3 is 2.94 bits per heavy atom. The van der Waals surface area contributed by atoms with Gasteiger partial charge in [0.1, 0.15) is 0 Å². The van der Waals surface area contributed by atoms with Crippen LogP contribution in [0.4, 0.5) is 0 Å². The van der Waals surface area contributed by atoms with Gasteiger partial charge in [0.2, 0.25) is 0 Å². The van der Waals surface area contributed by atoms with E-state index in [2.05, 4.69) is 19.2 Å². The lowest BCUT2D eigenvalue weighted by Crippen LogP contribution is -2.40. The van der Waals surface area contributed by atoms with Crippen LogP contribution < -0.4 is 5.32 Å². The minimum atomic E-state index is 0.212. The van der Waals surface area contributed by atoms with Gasteiger partial charge in [-0.05, 0) is 45.4 Å². The van der Waals surface area contributed by atoms with Crippen LogP contribution in [-0.2, 0) is 0 Å². The first-order chi connectivity index (χ1) is 8.13. The van der Waals surface area contributed by atoms with Crippen LogP contribution in [0.2, 0.25) is 0 Å². The molecule has 0 spiro atoms. The molecular weight excluding hydrogens is 232 g/mol. The number of aryl methyl sites for hydroxylation is 2. The zero-order valence-electron chi connectivity index (χ0n) is 10.7. The van der Waals surface area contributed by atoms with Gasteiger partial charge in [0, 0.05) is 24.0 Å². The number of hydrogen-bond acceptors (Lipinski definition) is 3. The first-order valence-electron chi connectivity index (χ1n) is 6.16. The summed E-state index contributed by atoms with van der Waals surface area (Å²) in [6.07, 6.45) is 2.25. The van der Waals surface area contributed by atoms with Crippen molar-refractivity contribution in [2.75, 3.05) is 20.1 Å². The van der Waals surface area contributed by atoms with E-state index in [1.165, 1.54) is 10.4 Å². The number of thiophene rings is 1. The van der Waals surface area contributed by atoms with E-state index in [1.807, 2.05) is 18.0 Å². The number of carbonyl (C=O) groups is 1. The highest BCUT2D eigenvalue weighted by atomic mass is 32.1. The third kappa shape index (κ3) is 2.53. The molecule has 1 aliphatic rings. The summed E-state index contributed by atoms with van der Waals surface area (Å²) in [5, 5.41) is 3.17. The Labute approximate surface area is 107 Å². The van der Waals surface area contributed by atoms with Gasteiger partial charge >= 0.3 is 0 Å². The first-order valence-corrected chi connectivity index (χ1v) is 6.97. The number of hydrogen-bond donors (Lipinski definition) is 1. The molecule has 0 saturated carbocycles. The lowest BCUT2D eigenvalue weighted by atomic mass is 10.2. The van der Waals surface area contributed by atoms with Gasteiger partial charge in [-0.25, -0.2) is 0 Å². The highest BCUT2D eigenvalue weighted by molar-refractivity contribution is 7.14. The van der Waals surface area contributed by atoms with Crippen molar-refractivity contribution < 1.29 is 4.79 Å². The van der Waals surface area contributed by atoms with Gasteiger partial charge in [0.05, 0.1) is 4.88 Å². The third-order valence-corrected chi connectivity index (χ3v) is 4.60. The smallest absolute Gasteiger partial charge is 0.264 e. The van der Waals surface area contributed by atoms with E-state index in [0.717, 1.165) is 30.8 Å². The number of rotatable bonds is 3. The van der Waals surface area contributed by atoms with E-state index in [9.17, 15) is 4.79 Å². The van der Waals surface area contributed by atoms with Gasteiger partial charge in [-0.3, -0.25) is 4.79 Å². The van der Waals surface area contributed by atoms with E-state index in [1.54, 1.807) is 11.3 Å². The van der Waals surface area contributed by atoms with Crippen LogP contribution in [0.15, 0.2) is 6.07 Å². The minimum Gasteiger partial charge on any atom is -0.334 e. The number of likely N-dealkylation sites (tertiary alicyclic amines) is 1. The van der Waals surface area contributed by atoms with Crippen molar-refractivity contribution in [3.63, 3.8) is 0 Å². The van der Waals surface area contributed by atoms with Crippen LogP contribution in [-0.4, -0.2) is 37.0 Å². The molecule has 1 aromatic rings. The zero-order chi connectivity index (χ0) is 12.4. The van der Waals surface area contributed by atoms with Crippen molar-refractivity contribution in [2.45, 2.75) is 32.7 Å². The summed E-state index contributed by atoms with van der Waals surface area (Å²) in [5.74, 6) is 0.212. The molecule has 1 fully saturated rings. The average Bonchev–Trinajstić information content (AvgIpc) is 2.87.